The molecule has 30 heavy (non-hydrogen) atoms. The van der Waals surface area contributed by atoms with Crippen molar-refractivity contribution in [2.24, 2.45) is 0 Å². The summed E-state index contributed by atoms with van der Waals surface area (Å²) in [5, 5.41) is 4.02. The van der Waals surface area contributed by atoms with E-state index in [4.69, 9.17) is 9.47 Å². The van der Waals surface area contributed by atoms with Gasteiger partial charge < -0.3 is 19.8 Å². The molecule has 0 radical (unpaired) electrons. The lowest BCUT2D eigenvalue weighted by Gasteiger charge is -2.18. The quantitative estimate of drug-likeness (QED) is 0.494. The first-order chi connectivity index (χ1) is 14.6. The summed E-state index contributed by atoms with van der Waals surface area (Å²) < 4.78 is 10.3. The van der Waals surface area contributed by atoms with Gasteiger partial charge in [0.25, 0.3) is 5.91 Å². The molecule has 1 heterocycles. The first-order valence-electron chi connectivity index (χ1n) is 10.2. The zero-order chi connectivity index (χ0) is 21.3. The first-order valence-corrected chi connectivity index (χ1v) is 10.2. The van der Waals surface area contributed by atoms with Crippen LogP contribution in [-0.2, 0) is 14.3 Å². The lowest BCUT2D eigenvalue weighted by atomic mass is 9.91. The molecule has 0 saturated heterocycles. The molecule has 0 aliphatic carbocycles. The zero-order valence-corrected chi connectivity index (χ0v) is 17.4. The predicted molar refractivity (Wildman–Crippen MR) is 117 cm³/mol. The van der Waals surface area contributed by atoms with E-state index < -0.39 is 0 Å². The molecule has 0 unspecified atom stereocenters. The largest absolute Gasteiger partial charge is 0.497 e. The summed E-state index contributed by atoms with van der Waals surface area (Å²) >= 11 is 0. The number of fused-ring (bicyclic) bond motifs is 1. The Balaban J connectivity index is 1.73. The molecule has 0 bridgehead atoms. The second-order valence-electron chi connectivity index (χ2n) is 7.18. The van der Waals surface area contributed by atoms with E-state index in [0.29, 0.717) is 13.0 Å². The number of carbonyl (C=O) groups excluding carboxylic acids is 2. The molecule has 3 rings (SSSR count). The topological polar surface area (TPSA) is 80.4 Å². The van der Waals surface area contributed by atoms with Crippen molar-refractivity contribution in [1.82, 2.24) is 10.3 Å². The van der Waals surface area contributed by atoms with Crippen molar-refractivity contribution >= 4 is 22.8 Å². The number of hydrogen-bond acceptors (Lipinski definition) is 4. The number of aromatic nitrogens is 1. The van der Waals surface area contributed by atoms with Crippen LogP contribution in [-0.4, -0.2) is 37.1 Å². The van der Waals surface area contributed by atoms with E-state index in [1.807, 2.05) is 55.6 Å². The molecule has 6 nitrogen and oxygen atoms in total. The molecule has 0 fully saturated rings. The molecule has 1 amide bonds. The number of para-hydroxylation sites is 1. The van der Waals surface area contributed by atoms with E-state index in [2.05, 4.69) is 16.4 Å². The molecular weight excluding hydrogens is 380 g/mol. The van der Waals surface area contributed by atoms with Gasteiger partial charge in [0.15, 0.2) is 6.61 Å². The van der Waals surface area contributed by atoms with Gasteiger partial charge in [0.2, 0.25) is 0 Å². The van der Waals surface area contributed by atoms with Crippen molar-refractivity contribution in [3.8, 4) is 5.75 Å². The minimum atomic E-state index is -0.338. The summed E-state index contributed by atoms with van der Waals surface area (Å²) in [5.74, 6) is 0.0692. The van der Waals surface area contributed by atoms with Crippen molar-refractivity contribution in [2.75, 3.05) is 20.3 Å². The van der Waals surface area contributed by atoms with Gasteiger partial charge in [-0.3, -0.25) is 9.59 Å². The number of esters is 1. The minimum Gasteiger partial charge on any atom is -0.497 e. The number of unbranched alkanes of at least 4 members (excludes halogenated alkanes) is 1. The van der Waals surface area contributed by atoms with Gasteiger partial charge in [0.1, 0.15) is 5.75 Å². The van der Waals surface area contributed by atoms with Crippen molar-refractivity contribution in [1.29, 1.82) is 0 Å². The van der Waals surface area contributed by atoms with E-state index >= 15 is 0 Å². The fraction of sp³-hybridized carbons (Fsp3) is 0.333. The molecule has 6 heteroatoms. The van der Waals surface area contributed by atoms with Gasteiger partial charge in [-0.15, -0.1) is 0 Å². The predicted octanol–water partition coefficient (Wildman–Crippen LogP) is 4.16. The highest BCUT2D eigenvalue weighted by Gasteiger charge is 2.19. The molecule has 2 aromatic carbocycles. The molecule has 3 aromatic rings. The third kappa shape index (κ3) is 5.41. The Bertz CT molecular complexity index is 978. The van der Waals surface area contributed by atoms with Crippen LogP contribution in [0.2, 0.25) is 0 Å². The normalized spacial score (nSPS) is 11.8. The zero-order valence-electron chi connectivity index (χ0n) is 17.4. The average molecular weight is 408 g/mol. The number of hydrogen-bond donors (Lipinski definition) is 2. The van der Waals surface area contributed by atoms with Crippen LogP contribution in [0.1, 0.15) is 43.2 Å². The fourth-order valence-corrected chi connectivity index (χ4v) is 3.43. The van der Waals surface area contributed by atoms with Crippen LogP contribution in [0.3, 0.4) is 0 Å². The van der Waals surface area contributed by atoms with Crippen LogP contribution in [0.15, 0.2) is 54.7 Å². The number of carbonyl (C=O) groups is 2. The van der Waals surface area contributed by atoms with Gasteiger partial charge in [-0.05, 0) is 35.7 Å². The molecule has 0 spiro atoms. The Kier molecular flexibility index (Phi) is 7.49. The lowest BCUT2D eigenvalue weighted by Crippen LogP contribution is -2.32. The maximum absolute atomic E-state index is 12.3. The van der Waals surface area contributed by atoms with Crippen LogP contribution in [0.5, 0.6) is 5.75 Å². The summed E-state index contributed by atoms with van der Waals surface area (Å²) in [5.41, 5.74) is 3.19. The highest BCUT2D eigenvalue weighted by molar-refractivity contribution is 5.84. The van der Waals surface area contributed by atoms with Crippen LogP contribution in [0, 0.1) is 0 Å². The van der Waals surface area contributed by atoms with Crippen LogP contribution >= 0.6 is 0 Å². The van der Waals surface area contributed by atoms with Crippen LogP contribution in [0.25, 0.3) is 10.9 Å². The lowest BCUT2D eigenvalue weighted by molar-refractivity contribution is -0.148. The highest BCUT2D eigenvalue weighted by atomic mass is 16.5. The van der Waals surface area contributed by atoms with E-state index in [-0.39, 0.29) is 24.4 Å². The third-order valence-electron chi connectivity index (χ3n) is 5.12. The van der Waals surface area contributed by atoms with Gasteiger partial charge in [0.05, 0.1) is 7.11 Å². The van der Waals surface area contributed by atoms with Gasteiger partial charge in [0, 0.05) is 36.0 Å². The van der Waals surface area contributed by atoms with Crippen molar-refractivity contribution < 1.29 is 19.1 Å². The van der Waals surface area contributed by atoms with Gasteiger partial charge in [-0.2, -0.15) is 0 Å². The second kappa shape index (κ2) is 10.5. The van der Waals surface area contributed by atoms with E-state index in [0.717, 1.165) is 40.6 Å². The standard InChI is InChI=1S/C24H28N2O4/c1-3-4-9-24(28)30-16-23(27)26-14-20(17-10-12-18(29-2)13-11-17)21-15-25-22-8-6-5-7-19(21)22/h5-8,10-13,15,20,25H,3-4,9,14,16H2,1-2H3,(H,26,27)/t20-/m0/s1. The van der Waals surface area contributed by atoms with Crippen molar-refractivity contribution in [3.63, 3.8) is 0 Å². The summed E-state index contributed by atoms with van der Waals surface area (Å²) in [6.07, 6.45) is 4.00. The molecule has 1 aromatic heterocycles. The monoisotopic (exact) mass is 408 g/mol. The Morgan fingerprint density at radius 3 is 2.60 bits per heavy atom. The average Bonchev–Trinajstić information content (AvgIpc) is 3.21. The molecule has 158 valence electrons. The van der Waals surface area contributed by atoms with Gasteiger partial charge in [-0.1, -0.05) is 43.7 Å². The Morgan fingerprint density at radius 1 is 1.10 bits per heavy atom. The number of H-pyrrole nitrogens is 1. The number of amides is 1. The van der Waals surface area contributed by atoms with E-state index in [1.54, 1.807) is 7.11 Å². The number of rotatable bonds is 10. The smallest absolute Gasteiger partial charge is 0.306 e. The van der Waals surface area contributed by atoms with Gasteiger partial charge in [-0.25, -0.2) is 0 Å². The Labute approximate surface area is 176 Å². The fourth-order valence-electron chi connectivity index (χ4n) is 3.43. The third-order valence-corrected chi connectivity index (χ3v) is 5.12. The number of benzene rings is 2. The Morgan fingerprint density at radius 2 is 1.87 bits per heavy atom. The van der Waals surface area contributed by atoms with Gasteiger partial charge >= 0.3 is 5.97 Å². The number of ether oxygens (including phenoxy) is 2. The molecule has 1 atom stereocenters. The molecule has 0 aliphatic heterocycles. The Hall–Kier alpha value is -3.28. The molecule has 0 saturated carbocycles. The number of nitrogens with one attached hydrogen (secondary N) is 2. The molecule has 2 N–H and O–H groups in total. The summed E-state index contributed by atoms with van der Waals surface area (Å²) in [7, 11) is 1.63. The van der Waals surface area contributed by atoms with Crippen molar-refractivity contribution in [3.05, 3.63) is 65.9 Å². The maximum Gasteiger partial charge on any atom is 0.306 e. The van der Waals surface area contributed by atoms with E-state index in [1.165, 1.54) is 0 Å². The highest BCUT2D eigenvalue weighted by Crippen LogP contribution is 2.31. The molecule has 0 aliphatic rings. The maximum atomic E-state index is 12.3. The second-order valence-corrected chi connectivity index (χ2v) is 7.18. The van der Waals surface area contributed by atoms with Crippen LogP contribution in [0.4, 0.5) is 0 Å². The minimum absolute atomic E-state index is 0.0631. The van der Waals surface area contributed by atoms with Crippen molar-refractivity contribution in [2.45, 2.75) is 32.1 Å². The summed E-state index contributed by atoms with van der Waals surface area (Å²) in [4.78, 5) is 27.2. The first kappa shape index (κ1) is 21.4. The summed E-state index contributed by atoms with van der Waals surface area (Å²) in [6, 6.07) is 15.9. The number of methoxy groups -OCH3 is 1. The number of aromatic amines is 1. The summed E-state index contributed by atoms with van der Waals surface area (Å²) in [6.45, 7) is 2.13. The SMILES string of the molecule is CCCCC(=O)OCC(=O)NC[C@@H](c1ccc(OC)cc1)c1c[nH]c2ccccc12. The van der Waals surface area contributed by atoms with E-state index in [9.17, 15) is 9.59 Å². The van der Waals surface area contributed by atoms with Crippen LogP contribution < -0.4 is 10.1 Å². The molecular formula is C24H28N2O4.